The smallest absolute Gasteiger partial charge is 0.314 e. The molecule has 1 aliphatic heterocycles. The van der Waals surface area contributed by atoms with Gasteiger partial charge < -0.3 is 26.0 Å². The van der Waals surface area contributed by atoms with E-state index in [9.17, 15) is 41.5 Å². The summed E-state index contributed by atoms with van der Waals surface area (Å²) >= 11 is 0. The van der Waals surface area contributed by atoms with E-state index < -0.39 is 83.0 Å². The van der Waals surface area contributed by atoms with Crippen LogP contribution in [-0.2, 0) is 24.0 Å². The lowest BCUT2D eigenvalue weighted by Gasteiger charge is -2.25. The zero-order valence-electron chi connectivity index (χ0n) is 22.6. The molecule has 0 unspecified atom stereocenters. The maximum absolute atomic E-state index is 14.0. The molecule has 4 amide bonds. The Morgan fingerprint density at radius 1 is 1.02 bits per heavy atom. The molecule has 0 spiro atoms. The normalized spacial score (nSPS) is 15.9. The van der Waals surface area contributed by atoms with Crippen LogP contribution in [0.1, 0.15) is 33.1 Å². The van der Waals surface area contributed by atoms with E-state index in [1.165, 1.54) is 12.3 Å². The first-order valence-electron chi connectivity index (χ1n) is 13.0. The van der Waals surface area contributed by atoms with E-state index in [4.69, 9.17) is 4.74 Å². The lowest BCUT2D eigenvalue weighted by atomic mass is 9.95. The Labute approximate surface area is 237 Å². The van der Waals surface area contributed by atoms with Crippen LogP contribution in [0.3, 0.4) is 0 Å². The number of amides is 4. The highest BCUT2D eigenvalue weighted by Gasteiger charge is 2.34. The van der Waals surface area contributed by atoms with E-state index in [1.807, 2.05) is 0 Å². The number of pyridine rings is 1. The van der Waals surface area contributed by atoms with Gasteiger partial charge in [-0.1, -0.05) is 19.9 Å². The van der Waals surface area contributed by atoms with Gasteiger partial charge in [0.1, 0.15) is 18.5 Å². The molecule has 1 aromatic heterocycles. The first-order chi connectivity index (χ1) is 19.9. The van der Waals surface area contributed by atoms with Crippen LogP contribution < -0.4 is 26.0 Å². The van der Waals surface area contributed by atoms with Crippen molar-refractivity contribution in [2.45, 2.75) is 45.2 Å². The van der Waals surface area contributed by atoms with Crippen LogP contribution in [0.5, 0.6) is 5.75 Å². The van der Waals surface area contributed by atoms with Crippen LogP contribution >= 0.6 is 0 Å². The molecular formula is C27H29F4N5O6. The van der Waals surface area contributed by atoms with Gasteiger partial charge in [0.25, 0.3) is 0 Å². The summed E-state index contributed by atoms with van der Waals surface area (Å²) in [5, 5.41) is 9.57. The summed E-state index contributed by atoms with van der Waals surface area (Å²) in [7, 11) is 0. The molecule has 1 saturated heterocycles. The second kappa shape index (κ2) is 14.4. The number of halogens is 4. The number of nitrogens with one attached hydrogen (secondary N) is 4. The van der Waals surface area contributed by atoms with Gasteiger partial charge in [0.05, 0.1) is 6.04 Å². The average molecular weight is 596 g/mol. The van der Waals surface area contributed by atoms with Gasteiger partial charge in [0.2, 0.25) is 23.4 Å². The molecular weight excluding hydrogens is 566 g/mol. The maximum Gasteiger partial charge on any atom is 0.314 e. The van der Waals surface area contributed by atoms with Gasteiger partial charge in [-0.15, -0.1) is 0 Å². The van der Waals surface area contributed by atoms with E-state index in [-0.39, 0.29) is 30.6 Å². The molecule has 0 radical (unpaired) electrons. The molecule has 2 aromatic rings. The van der Waals surface area contributed by atoms with Crippen molar-refractivity contribution in [3.63, 3.8) is 0 Å². The van der Waals surface area contributed by atoms with Crippen LogP contribution in [-0.4, -0.2) is 59.6 Å². The third-order valence-corrected chi connectivity index (χ3v) is 6.26. The predicted octanol–water partition coefficient (Wildman–Crippen LogP) is 1.77. The molecule has 0 saturated carbocycles. The minimum absolute atomic E-state index is 0.0269. The SMILES string of the molecule is CC(C)C[C@H](NC(=O)C(=O)Nc1ccccn1)C(=O)N[C@@H](C[C@@H]1CCNC1=O)C(=O)COc1c(F)c(F)cc(F)c1F. The maximum atomic E-state index is 14.0. The summed E-state index contributed by atoms with van der Waals surface area (Å²) in [6.45, 7) is 2.66. The lowest BCUT2D eigenvalue weighted by Crippen LogP contribution is -2.54. The van der Waals surface area contributed by atoms with Gasteiger partial charge >= 0.3 is 11.8 Å². The highest BCUT2D eigenvalue weighted by Crippen LogP contribution is 2.27. The number of nitrogens with zero attached hydrogens (tertiary/aromatic N) is 1. The van der Waals surface area contributed by atoms with Crippen LogP contribution in [0.25, 0.3) is 0 Å². The number of ketones is 1. The van der Waals surface area contributed by atoms with Crippen molar-refractivity contribution in [2.75, 3.05) is 18.5 Å². The molecule has 1 aromatic carbocycles. The van der Waals surface area contributed by atoms with Crippen molar-refractivity contribution >= 4 is 35.2 Å². The zero-order valence-corrected chi connectivity index (χ0v) is 22.6. The number of rotatable bonds is 12. The summed E-state index contributed by atoms with van der Waals surface area (Å²) in [4.78, 5) is 67.3. The lowest BCUT2D eigenvalue weighted by molar-refractivity contribution is -0.138. The largest absolute Gasteiger partial charge is 0.479 e. The molecule has 1 fully saturated rings. The second-order valence-electron chi connectivity index (χ2n) is 9.95. The Morgan fingerprint density at radius 2 is 1.71 bits per heavy atom. The number of anilines is 1. The first-order valence-corrected chi connectivity index (χ1v) is 13.0. The third kappa shape index (κ3) is 8.47. The van der Waals surface area contributed by atoms with Gasteiger partial charge in [-0.05, 0) is 37.3 Å². The van der Waals surface area contributed by atoms with Gasteiger partial charge in [-0.25, -0.2) is 13.8 Å². The number of hydrogen-bond acceptors (Lipinski definition) is 7. The molecule has 11 nitrogen and oxygen atoms in total. The Kier molecular flexibility index (Phi) is 10.9. The topological polar surface area (TPSA) is 156 Å². The van der Waals surface area contributed by atoms with Gasteiger partial charge in [-0.3, -0.25) is 24.0 Å². The van der Waals surface area contributed by atoms with E-state index in [2.05, 4.69) is 26.3 Å². The van der Waals surface area contributed by atoms with Crippen molar-refractivity contribution in [3.8, 4) is 5.75 Å². The summed E-state index contributed by atoms with van der Waals surface area (Å²) in [6, 6.07) is 1.81. The molecule has 4 N–H and O–H groups in total. The molecule has 3 atom stereocenters. The number of carbonyl (C=O) groups is 5. The molecule has 2 heterocycles. The molecule has 1 aliphatic rings. The van der Waals surface area contributed by atoms with E-state index >= 15 is 0 Å². The number of hydrogen-bond donors (Lipinski definition) is 4. The zero-order chi connectivity index (χ0) is 31.0. The quantitative estimate of drug-likeness (QED) is 0.166. The fourth-order valence-electron chi connectivity index (χ4n) is 4.16. The molecule has 226 valence electrons. The van der Waals surface area contributed by atoms with Crippen LogP contribution in [0, 0.1) is 35.1 Å². The number of ether oxygens (including phenoxy) is 1. The standard InChI is InChI=1S/C27H29F4N5O6/c1-13(2)9-18(35-26(40)27(41)36-20-5-3-4-7-32-20)25(39)34-17(10-14-6-8-33-24(14)38)19(37)12-42-23-21(30)15(28)11-16(29)22(23)31/h3-5,7,11,13-14,17-18H,6,8-10,12H2,1-2H3,(H,33,38)(H,34,39)(H,35,40)(H,32,36,41)/t14-,17-,18-/m0/s1. The molecule has 0 bridgehead atoms. The van der Waals surface area contributed by atoms with Gasteiger partial charge in [0, 0.05) is 24.7 Å². The Morgan fingerprint density at radius 3 is 2.29 bits per heavy atom. The molecule has 42 heavy (non-hydrogen) atoms. The Balaban J connectivity index is 1.75. The summed E-state index contributed by atoms with van der Waals surface area (Å²) in [5.74, 6) is -14.0. The van der Waals surface area contributed by atoms with E-state index in [0.29, 0.717) is 13.0 Å². The van der Waals surface area contributed by atoms with Crippen molar-refractivity contribution in [1.82, 2.24) is 20.9 Å². The predicted molar refractivity (Wildman–Crippen MR) is 139 cm³/mol. The van der Waals surface area contributed by atoms with Crippen LogP contribution in [0.15, 0.2) is 30.5 Å². The highest BCUT2D eigenvalue weighted by atomic mass is 19.2. The fourth-order valence-corrected chi connectivity index (χ4v) is 4.16. The molecule has 0 aliphatic carbocycles. The van der Waals surface area contributed by atoms with E-state index in [0.717, 1.165) is 0 Å². The average Bonchev–Trinajstić information content (AvgIpc) is 3.35. The number of carbonyl (C=O) groups excluding carboxylic acids is 5. The second-order valence-corrected chi connectivity index (χ2v) is 9.95. The number of benzene rings is 1. The summed E-state index contributed by atoms with van der Waals surface area (Å²) < 4.78 is 59.9. The van der Waals surface area contributed by atoms with Crippen molar-refractivity contribution in [3.05, 3.63) is 53.7 Å². The minimum Gasteiger partial charge on any atom is -0.479 e. The van der Waals surface area contributed by atoms with Crippen LogP contribution in [0.4, 0.5) is 23.4 Å². The third-order valence-electron chi connectivity index (χ3n) is 6.26. The Bertz CT molecular complexity index is 1320. The first kappa shape index (κ1) is 32.0. The molecule has 15 heteroatoms. The number of Topliss-reactive ketones (excluding diaryl/α,β-unsaturated/α-hetero) is 1. The monoisotopic (exact) mass is 595 g/mol. The minimum atomic E-state index is -1.86. The summed E-state index contributed by atoms with van der Waals surface area (Å²) in [6.07, 6.45) is 1.50. The van der Waals surface area contributed by atoms with Gasteiger partial charge in [0.15, 0.2) is 23.2 Å². The van der Waals surface area contributed by atoms with E-state index in [1.54, 1.807) is 26.0 Å². The highest BCUT2D eigenvalue weighted by molar-refractivity contribution is 6.39. The Hall–Kier alpha value is -4.56. The molecule has 3 rings (SSSR count). The fraction of sp³-hybridized carbons (Fsp3) is 0.407. The van der Waals surface area contributed by atoms with Crippen molar-refractivity contribution < 1.29 is 46.3 Å². The van der Waals surface area contributed by atoms with Crippen LogP contribution in [0.2, 0.25) is 0 Å². The van der Waals surface area contributed by atoms with Crippen molar-refractivity contribution in [1.29, 1.82) is 0 Å². The number of aromatic nitrogens is 1. The van der Waals surface area contributed by atoms with Gasteiger partial charge in [-0.2, -0.15) is 8.78 Å². The van der Waals surface area contributed by atoms with Crippen molar-refractivity contribution in [2.24, 2.45) is 11.8 Å². The summed E-state index contributed by atoms with van der Waals surface area (Å²) in [5.41, 5.74) is 0.